The first-order valence-electron chi connectivity index (χ1n) is 5.02. The van der Waals surface area contributed by atoms with Gasteiger partial charge in [0.05, 0.1) is 5.52 Å². The van der Waals surface area contributed by atoms with Gasteiger partial charge in [0.1, 0.15) is 5.82 Å². The van der Waals surface area contributed by atoms with Crippen molar-refractivity contribution >= 4 is 22.6 Å². The minimum absolute atomic E-state index is 0.139. The van der Waals surface area contributed by atoms with Crippen LogP contribution in [-0.4, -0.2) is 16.1 Å². The van der Waals surface area contributed by atoms with Crippen LogP contribution in [0.15, 0.2) is 18.2 Å². The van der Waals surface area contributed by atoms with Gasteiger partial charge in [0.15, 0.2) is 5.82 Å². The highest BCUT2D eigenvalue weighted by molar-refractivity contribution is 6.00. The lowest BCUT2D eigenvalue weighted by atomic mass is 10.2. The molecule has 0 atom stereocenters. The monoisotopic (exact) mass is 221 g/mol. The molecule has 2 N–H and O–H groups in total. The quantitative estimate of drug-likeness (QED) is 0.817. The minimum Gasteiger partial charge on any atom is -0.308 e. The standard InChI is InChI=1S/C11H12FN3O/c1-6(2)11(16)13-10-8-5-7(12)3-4-9(8)14-15-10/h3-6H,1-2H3,(H2,13,14,15,16). The predicted molar refractivity (Wildman–Crippen MR) is 59.5 cm³/mol. The van der Waals surface area contributed by atoms with Crippen LogP contribution < -0.4 is 5.32 Å². The molecule has 0 aliphatic rings. The summed E-state index contributed by atoms with van der Waals surface area (Å²) in [4.78, 5) is 11.5. The Morgan fingerprint density at radius 1 is 1.50 bits per heavy atom. The van der Waals surface area contributed by atoms with Crippen LogP contribution in [0.1, 0.15) is 13.8 Å². The van der Waals surface area contributed by atoms with Crippen LogP contribution in [-0.2, 0) is 4.79 Å². The Labute approximate surface area is 91.8 Å². The number of aromatic amines is 1. The van der Waals surface area contributed by atoms with Crippen molar-refractivity contribution in [3.63, 3.8) is 0 Å². The van der Waals surface area contributed by atoms with Crippen molar-refractivity contribution in [3.05, 3.63) is 24.0 Å². The Morgan fingerprint density at radius 3 is 2.94 bits per heavy atom. The summed E-state index contributed by atoms with van der Waals surface area (Å²) in [5.74, 6) is -0.264. The second kappa shape index (κ2) is 3.92. The molecular formula is C11H12FN3O. The predicted octanol–water partition coefficient (Wildman–Crippen LogP) is 2.30. The minimum atomic E-state index is -0.353. The van der Waals surface area contributed by atoms with Crippen molar-refractivity contribution in [1.29, 1.82) is 0 Å². The van der Waals surface area contributed by atoms with E-state index in [0.717, 1.165) is 0 Å². The molecular weight excluding hydrogens is 209 g/mol. The Bertz CT molecular complexity index is 533. The number of hydrogen-bond acceptors (Lipinski definition) is 2. The van der Waals surface area contributed by atoms with Gasteiger partial charge in [-0.1, -0.05) is 13.8 Å². The van der Waals surface area contributed by atoms with Crippen LogP contribution in [0.5, 0.6) is 0 Å². The van der Waals surface area contributed by atoms with Crippen molar-refractivity contribution in [2.45, 2.75) is 13.8 Å². The first kappa shape index (κ1) is 10.6. The molecule has 5 heteroatoms. The average molecular weight is 221 g/mol. The smallest absolute Gasteiger partial charge is 0.228 e. The number of carbonyl (C=O) groups excluding carboxylic acids is 1. The lowest BCUT2D eigenvalue weighted by molar-refractivity contribution is -0.118. The third kappa shape index (κ3) is 1.88. The van der Waals surface area contributed by atoms with Crippen LogP contribution in [0, 0.1) is 11.7 Å². The molecule has 1 aromatic heterocycles. The number of rotatable bonds is 2. The molecule has 84 valence electrons. The Hall–Kier alpha value is -1.91. The number of hydrogen-bond donors (Lipinski definition) is 2. The zero-order valence-electron chi connectivity index (χ0n) is 9.04. The summed E-state index contributed by atoms with van der Waals surface area (Å²) in [7, 11) is 0. The molecule has 16 heavy (non-hydrogen) atoms. The number of halogens is 1. The van der Waals surface area contributed by atoms with Crippen LogP contribution >= 0.6 is 0 Å². The number of benzene rings is 1. The zero-order chi connectivity index (χ0) is 11.7. The summed E-state index contributed by atoms with van der Waals surface area (Å²) in [5, 5.41) is 9.88. The van der Waals surface area contributed by atoms with E-state index in [-0.39, 0.29) is 17.6 Å². The SMILES string of the molecule is CC(C)C(=O)Nc1n[nH]c2ccc(F)cc12. The Morgan fingerprint density at radius 2 is 2.25 bits per heavy atom. The topological polar surface area (TPSA) is 57.8 Å². The van der Waals surface area contributed by atoms with E-state index >= 15 is 0 Å². The van der Waals surface area contributed by atoms with Gasteiger partial charge < -0.3 is 5.32 Å². The van der Waals surface area contributed by atoms with Gasteiger partial charge in [0, 0.05) is 11.3 Å². The molecule has 1 amide bonds. The second-order valence-corrected chi connectivity index (χ2v) is 3.91. The van der Waals surface area contributed by atoms with Gasteiger partial charge in [0.25, 0.3) is 0 Å². The highest BCUT2D eigenvalue weighted by atomic mass is 19.1. The van der Waals surface area contributed by atoms with E-state index in [0.29, 0.717) is 16.7 Å². The molecule has 0 bridgehead atoms. The molecule has 0 aliphatic carbocycles. The van der Waals surface area contributed by atoms with Crippen molar-refractivity contribution in [3.8, 4) is 0 Å². The van der Waals surface area contributed by atoms with Crippen molar-refractivity contribution in [2.75, 3.05) is 5.32 Å². The van der Waals surface area contributed by atoms with Crippen LogP contribution in [0.4, 0.5) is 10.2 Å². The molecule has 0 radical (unpaired) electrons. The normalized spacial score (nSPS) is 11.0. The largest absolute Gasteiger partial charge is 0.308 e. The number of H-pyrrole nitrogens is 1. The lowest BCUT2D eigenvalue weighted by Crippen LogP contribution is -2.18. The molecule has 0 saturated carbocycles. The van der Waals surface area contributed by atoms with Crippen molar-refractivity contribution in [1.82, 2.24) is 10.2 Å². The average Bonchev–Trinajstić information content (AvgIpc) is 2.61. The molecule has 2 aromatic rings. The van der Waals surface area contributed by atoms with Gasteiger partial charge in [-0.2, -0.15) is 5.10 Å². The van der Waals surface area contributed by atoms with E-state index in [1.54, 1.807) is 19.9 Å². The summed E-state index contributed by atoms with van der Waals surface area (Å²) >= 11 is 0. The van der Waals surface area contributed by atoms with Gasteiger partial charge in [-0.15, -0.1) is 0 Å². The highest BCUT2D eigenvalue weighted by Gasteiger charge is 2.12. The first-order chi connectivity index (χ1) is 7.58. The number of aromatic nitrogens is 2. The fourth-order valence-corrected chi connectivity index (χ4v) is 1.34. The molecule has 0 spiro atoms. The van der Waals surface area contributed by atoms with E-state index in [2.05, 4.69) is 15.5 Å². The molecule has 0 unspecified atom stereocenters. The van der Waals surface area contributed by atoms with E-state index in [4.69, 9.17) is 0 Å². The van der Waals surface area contributed by atoms with Crippen LogP contribution in [0.3, 0.4) is 0 Å². The van der Waals surface area contributed by atoms with Crippen LogP contribution in [0.2, 0.25) is 0 Å². The van der Waals surface area contributed by atoms with Crippen molar-refractivity contribution < 1.29 is 9.18 Å². The third-order valence-electron chi connectivity index (χ3n) is 2.29. The lowest BCUT2D eigenvalue weighted by Gasteiger charge is -2.04. The summed E-state index contributed by atoms with van der Waals surface area (Å²) in [6.45, 7) is 3.57. The van der Waals surface area contributed by atoms with E-state index < -0.39 is 0 Å². The van der Waals surface area contributed by atoms with Gasteiger partial charge in [-0.05, 0) is 18.2 Å². The molecule has 2 rings (SSSR count). The van der Waals surface area contributed by atoms with Gasteiger partial charge >= 0.3 is 0 Å². The maximum atomic E-state index is 13.0. The summed E-state index contributed by atoms with van der Waals surface area (Å²) in [6, 6.07) is 4.27. The van der Waals surface area contributed by atoms with Gasteiger partial charge in [-0.3, -0.25) is 9.89 Å². The van der Waals surface area contributed by atoms with Crippen LogP contribution in [0.25, 0.3) is 10.9 Å². The van der Waals surface area contributed by atoms with E-state index in [1.165, 1.54) is 12.1 Å². The van der Waals surface area contributed by atoms with Crippen molar-refractivity contribution in [2.24, 2.45) is 5.92 Å². The Balaban J connectivity index is 2.38. The molecule has 0 aliphatic heterocycles. The fraction of sp³-hybridized carbons (Fsp3) is 0.273. The zero-order valence-corrected chi connectivity index (χ0v) is 9.04. The maximum absolute atomic E-state index is 13.0. The maximum Gasteiger partial charge on any atom is 0.228 e. The molecule has 0 saturated heterocycles. The second-order valence-electron chi connectivity index (χ2n) is 3.91. The highest BCUT2D eigenvalue weighted by Crippen LogP contribution is 2.21. The molecule has 4 nitrogen and oxygen atoms in total. The number of anilines is 1. The third-order valence-corrected chi connectivity index (χ3v) is 2.29. The van der Waals surface area contributed by atoms with Gasteiger partial charge in [0.2, 0.25) is 5.91 Å². The Kier molecular flexibility index (Phi) is 2.60. The molecule has 0 fully saturated rings. The number of nitrogens with zero attached hydrogens (tertiary/aromatic N) is 1. The number of carbonyl (C=O) groups is 1. The number of nitrogens with one attached hydrogen (secondary N) is 2. The number of amides is 1. The van der Waals surface area contributed by atoms with Gasteiger partial charge in [-0.25, -0.2) is 4.39 Å². The fourth-order valence-electron chi connectivity index (χ4n) is 1.34. The van der Waals surface area contributed by atoms with E-state index in [1.807, 2.05) is 0 Å². The summed E-state index contributed by atoms with van der Waals surface area (Å²) < 4.78 is 13.0. The molecule has 1 aromatic carbocycles. The molecule has 1 heterocycles. The summed E-state index contributed by atoms with van der Waals surface area (Å²) in [6.07, 6.45) is 0. The van der Waals surface area contributed by atoms with E-state index in [9.17, 15) is 9.18 Å². The number of fused-ring (bicyclic) bond motifs is 1. The first-order valence-corrected chi connectivity index (χ1v) is 5.02. The summed E-state index contributed by atoms with van der Waals surface area (Å²) in [5.41, 5.74) is 0.695.